The molecule has 0 aromatic heterocycles. The van der Waals surface area contributed by atoms with Crippen molar-refractivity contribution in [3.63, 3.8) is 0 Å². The molecular weight excluding hydrogens is 376 g/mol. The number of primary sulfonamides is 1. The van der Waals surface area contributed by atoms with Crippen molar-refractivity contribution in [1.29, 1.82) is 0 Å². The molecule has 0 radical (unpaired) electrons. The topological polar surface area (TPSA) is 123 Å². The van der Waals surface area contributed by atoms with E-state index in [0.29, 0.717) is 18.4 Å². The smallest absolute Gasteiger partial charge is 0.238 e. The quantitative estimate of drug-likeness (QED) is 0.741. The molecule has 2 fully saturated rings. The van der Waals surface area contributed by atoms with Crippen molar-refractivity contribution in [3.8, 4) is 0 Å². The molecule has 144 valence electrons. The maximum atomic E-state index is 12.6. The molecular formula is C17H24N2O5S2. The molecule has 0 heterocycles. The summed E-state index contributed by atoms with van der Waals surface area (Å²) in [6, 6.07) is 5.69. The van der Waals surface area contributed by atoms with Crippen molar-refractivity contribution in [2.45, 2.75) is 44.6 Å². The van der Waals surface area contributed by atoms with Gasteiger partial charge < -0.3 is 0 Å². The lowest BCUT2D eigenvalue weighted by atomic mass is 9.70. The molecule has 2 saturated carbocycles. The maximum Gasteiger partial charge on any atom is 0.238 e. The summed E-state index contributed by atoms with van der Waals surface area (Å²) in [6.45, 7) is 4.02. The fourth-order valence-electron chi connectivity index (χ4n) is 4.47. The Bertz CT molecular complexity index is 936. The summed E-state index contributed by atoms with van der Waals surface area (Å²) in [5.74, 6) is 0.120. The summed E-state index contributed by atoms with van der Waals surface area (Å²) < 4.78 is 50.3. The number of nitrogens with two attached hydrogens (primary N) is 1. The zero-order valence-electron chi connectivity index (χ0n) is 14.9. The van der Waals surface area contributed by atoms with Crippen LogP contribution in [0.1, 0.15) is 38.7 Å². The highest BCUT2D eigenvalue weighted by molar-refractivity contribution is 7.89. The van der Waals surface area contributed by atoms with Gasteiger partial charge in [-0.3, -0.25) is 4.79 Å². The molecule has 0 aliphatic heterocycles. The third-order valence-corrected chi connectivity index (χ3v) is 8.71. The van der Waals surface area contributed by atoms with Gasteiger partial charge in [-0.2, -0.15) is 0 Å². The first-order valence-electron chi connectivity index (χ1n) is 8.50. The van der Waals surface area contributed by atoms with E-state index < -0.39 is 25.5 Å². The second-order valence-corrected chi connectivity index (χ2v) is 11.3. The van der Waals surface area contributed by atoms with Crippen LogP contribution in [0.2, 0.25) is 0 Å². The molecule has 3 rings (SSSR count). The Morgan fingerprint density at radius 3 is 2.23 bits per heavy atom. The van der Waals surface area contributed by atoms with Gasteiger partial charge in [0.05, 0.1) is 10.6 Å². The minimum Gasteiger partial charge on any atom is -0.299 e. The Morgan fingerprint density at radius 1 is 1.15 bits per heavy atom. The van der Waals surface area contributed by atoms with E-state index in [1.807, 2.05) is 13.8 Å². The van der Waals surface area contributed by atoms with Gasteiger partial charge in [-0.25, -0.2) is 26.7 Å². The average Bonchev–Trinajstić information content (AvgIpc) is 2.86. The van der Waals surface area contributed by atoms with Crippen LogP contribution < -0.4 is 9.86 Å². The second kappa shape index (κ2) is 6.12. The minimum atomic E-state index is -3.78. The number of sulfonamides is 2. The second-order valence-electron chi connectivity index (χ2n) is 7.94. The van der Waals surface area contributed by atoms with Gasteiger partial charge in [0.25, 0.3) is 0 Å². The van der Waals surface area contributed by atoms with Gasteiger partial charge in [0.15, 0.2) is 0 Å². The van der Waals surface area contributed by atoms with Crippen molar-refractivity contribution in [2.75, 3.05) is 5.75 Å². The van der Waals surface area contributed by atoms with Gasteiger partial charge in [-0.15, -0.1) is 0 Å². The van der Waals surface area contributed by atoms with Gasteiger partial charge in [-0.1, -0.05) is 26.0 Å². The molecule has 1 aromatic carbocycles. The molecule has 1 aromatic rings. The van der Waals surface area contributed by atoms with Crippen LogP contribution in [0, 0.1) is 16.7 Å². The first-order valence-corrected chi connectivity index (χ1v) is 11.7. The molecule has 0 unspecified atom stereocenters. The number of hydrogen-bond donors (Lipinski definition) is 2. The van der Waals surface area contributed by atoms with Crippen molar-refractivity contribution in [3.05, 3.63) is 29.8 Å². The van der Waals surface area contributed by atoms with Crippen LogP contribution in [0.4, 0.5) is 0 Å². The highest BCUT2D eigenvalue weighted by atomic mass is 32.2. The largest absolute Gasteiger partial charge is 0.299 e. The number of Topliss-reactive ketones (excluding diaryl/α,β-unsaturated/α-hetero) is 1. The van der Waals surface area contributed by atoms with E-state index in [-0.39, 0.29) is 34.3 Å². The SMILES string of the molecule is CC1(C)[C@@H]2CC[C@]1(CS(=O)(=O)NCc1ccc(S(N)(=O)=O)cc1)C(=O)C2. The van der Waals surface area contributed by atoms with E-state index in [2.05, 4.69) is 4.72 Å². The van der Waals surface area contributed by atoms with Gasteiger partial charge in [0.2, 0.25) is 20.0 Å². The Morgan fingerprint density at radius 2 is 1.77 bits per heavy atom. The summed E-state index contributed by atoms with van der Waals surface area (Å²) in [4.78, 5) is 12.5. The van der Waals surface area contributed by atoms with Crippen LogP contribution in [0.25, 0.3) is 0 Å². The van der Waals surface area contributed by atoms with Crippen molar-refractivity contribution in [2.24, 2.45) is 21.9 Å². The minimum absolute atomic E-state index is 0.0291. The van der Waals surface area contributed by atoms with E-state index in [4.69, 9.17) is 5.14 Å². The van der Waals surface area contributed by atoms with Crippen LogP contribution in [-0.4, -0.2) is 28.4 Å². The predicted molar refractivity (Wildman–Crippen MR) is 97.0 cm³/mol. The number of nitrogens with one attached hydrogen (secondary N) is 1. The molecule has 0 saturated heterocycles. The van der Waals surface area contributed by atoms with Crippen LogP contribution >= 0.6 is 0 Å². The molecule has 2 bridgehead atoms. The summed E-state index contributed by atoms with van der Waals surface area (Å²) >= 11 is 0. The maximum absolute atomic E-state index is 12.6. The lowest BCUT2D eigenvalue weighted by Gasteiger charge is -2.36. The van der Waals surface area contributed by atoms with Crippen molar-refractivity contribution in [1.82, 2.24) is 4.72 Å². The zero-order valence-corrected chi connectivity index (χ0v) is 16.5. The molecule has 0 amide bonds. The molecule has 2 aliphatic carbocycles. The van der Waals surface area contributed by atoms with Crippen LogP contribution in [0.5, 0.6) is 0 Å². The number of hydrogen-bond acceptors (Lipinski definition) is 5. The third-order valence-electron chi connectivity index (χ3n) is 6.32. The predicted octanol–water partition coefficient (Wildman–Crippen LogP) is 1.15. The van der Waals surface area contributed by atoms with E-state index >= 15 is 0 Å². The molecule has 7 nitrogen and oxygen atoms in total. The first-order chi connectivity index (χ1) is 11.9. The summed E-state index contributed by atoms with van der Waals surface area (Å²) in [6.07, 6.45) is 1.98. The van der Waals surface area contributed by atoms with Crippen molar-refractivity contribution >= 4 is 25.8 Å². The number of ketones is 1. The lowest BCUT2D eigenvalue weighted by Crippen LogP contribution is -2.45. The standard InChI is InChI=1S/C17H24N2O5S2/c1-16(2)13-7-8-17(16,15(20)9-13)11-25(21,22)19-10-12-3-5-14(6-4-12)26(18,23)24/h3-6,13,19H,7-11H2,1-2H3,(H2,18,23,24)/t13-,17+/m1/s1. The Labute approximate surface area is 154 Å². The van der Waals surface area contributed by atoms with Crippen LogP contribution in [0.3, 0.4) is 0 Å². The fourth-order valence-corrected chi connectivity index (χ4v) is 6.80. The monoisotopic (exact) mass is 400 g/mol. The summed E-state index contributed by atoms with van der Waals surface area (Å²) in [7, 11) is -7.44. The van der Waals surface area contributed by atoms with Crippen molar-refractivity contribution < 1.29 is 21.6 Å². The molecule has 9 heteroatoms. The lowest BCUT2D eigenvalue weighted by molar-refractivity contribution is -0.128. The van der Waals surface area contributed by atoms with Gasteiger partial charge in [-0.05, 0) is 41.9 Å². The number of benzene rings is 1. The Kier molecular flexibility index (Phi) is 4.58. The molecule has 2 atom stereocenters. The fraction of sp³-hybridized carbons (Fsp3) is 0.588. The van der Waals surface area contributed by atoms with E-state index in [1.54, 1.807) is 0 Å². The highest BCUT2D eigenvalue weighted by Crippen LogP contribution is 2.64. The van der Waals surface area contributed by atoms with Gasteiger partial charge in [0.1, 0.15) is 5.78 Å². The molecule has 2 aliphatic rings. The average molecular weight is 401 g/mol. The highest BCUT2D eigenvalue weighted by Gasteiger charge is 2.65. The van der Waals surface area contributed by atoms with Gasteiger partial charge in [0, 0.05) is 18.4 Å². The number of fused-ring (bicyclic) bond motifs is 2. The number of carbonyl (C=O) groups excluding carboxylic acids is 1. The van der Waals surface area contributed by atoms with E-state index in [0.717, 1.165) is 6.42 Å². The zero-order chi connectivity index (χ0) is 19.4. The summed E-state index contributed by atoms with van der Waals surface area (Å²) in [5, 5.41) is 5.04. The van der Waals surface area contributed by atoms with E-state index in [1.165, 1.54) is 24.3 Å². The van der Waals surface area contributed by atoms with E-state index in [9.17, 15) is 21.6 Å². The normalized spacial score (nSPS) is 27.8. The Hall–Kier alpha value is -1.29. The van der Waals surface area contributed by atoms with Crippen LogP contribution in [-0.2, 0) is 31.4 Å². The molecule has 0 spiro atoms. The third kappa shape index (κ3) is 3.21. The molecule has 26 heavy (non-hydrogen) atoms. The van der Waals surface area contributed by atoms with Gasteiger partial charge >= 0.3 is 0 Å². The number of carbonyl (C=O) groups is 1. The Balaban J connectivity index is 1.71. The van der Waals surface area contributed by atoms with Crippen LogP contribution in [0.15, 0.2) is 29.2 Å². The first kappa shape index (κ1) is 19.5. The molecule has 3 N–H and O–H groups in total. The summed E-state index contributed by atoms with van der Waals surface area (Å²) in [5.41, 5.74) is -0.503. The number of rotatable bonds is 6.